The van der Waals surface area contributed by atoms with Gasteiger partial charge < -0.3 is 0 Å². The van der Waals surface area contributed by atoms with Gasteiger partial charge in [0.25, 0.3) is 15.6 Å². The Hall–Kier alpha value is -2.94. The lowest BCUT2D eigenvalue weighted by Crippen LogP contribution is -2.23. The van der Waals surface area contributed by atoms with Crippen LogP contribution in [-0.2, 0) is 17.1 Å². The van der Waals surface area contributed by atoms with Gasteiger partial charge in [-0.25, -0.2) is 21.9 Å². The molecular formula is C19H19F2N3O3S. The molecule has 28 heavy (non-hydrogen) atoms. The van der Waals surface area contributed by atoms with Crippen molar-refractivity contribution in [3.8, 4) is 5.69 Å². The van der Waals surface area contributed by atoms with Gasteiger partial charge in [0.2, 0.25) is 0 Å². The van der Waals surface area contributed by atoms with Gasteiger partial charge in [-0.15, -0.1) is 0 Å². The molecule has 0 radical (unpaired) electrons. The Balaban J connectivity index is 2.18. The Morgan fingerprint density at radius 1 is 1.00 bits per heavy atom. The summed E-state index contributed by atoms with van der Waals surface area (Å²) in [7, 11) is -2.74. The van der Waals surface area contributed by atoms with Gasteiger partial charge in [0.15, 0.2) is 0 Å². The van der Waals surface area contributed by atoms with Gasteiger partial charge >= 0.3 is 0 Å². The van der Waals surface area contributed by atoms with Gasteiger partial charge in [-0.1, -0.05) is 32.0 Å². The van der Waals surface area contributed by atoms with Gasteiger partial charge in [0.05, 0.1) is 16.3 Å². The van der Waals surface area contributed by atoms with E-state index in [1.807, 2.05) is 13.8 Å². The van der Waals surface area contributed by atoms with E-state index in [1.54, 1.807) is 42.1 Å². The van der Waals surface area contributed by atoms with Crippen LogP contribution in [0.3, 0.4) is 0 Å². The Morgan fingerprint density at radius 3 is 2.11 bits per heavy atom. The van der Waals surface area contributed by atoms with Crippen molar-refractivity contribution in [1.29, 1.82) is 0 Å². The lowest BCUT2D eigenvalue weighted by molar-refractivity contribution is 0.568. The molecule has 0 saturated heterocycles. The average Bonchev–Trinajstić information content (AvgIpc) is 2.84. The monoisotopic (exact) mass is 407 g/mol. The van der Waals surface area contributed by atoms with Crippen LogP contribution >= 0.6 is 0 Å². The fraction of sp³-hybridized carbons (Fsp3) is 0.211. The fourth-order valence-corrected chi connectivity index (χ4v) is 4.23. The zero-order valence-electron chi connectivity index (χ0n) is 15.5. The van der Waals surface area contributed by atoms with Crippen LogP contribution in [0.2, 0.25) is 0 Å². The summed E-state index contributed by atoms with van der Waals surface area (Å²) in [5.41, 5.74) is 0.248. The molecule has 0 aliphatic carbocycles. The molecule has 0 aliphatic heterocycles. The summed E-state index contributed by atoms with van der Waals surface area (Å²) >= 11 is 0. The topological polar surface area (TPSA) is 73.1 Å². The SMILES string of the molecule is CC(C)c1c(NS(=O)(=O)c2cc(F)cc(F)c2)c(=O)n(-c2ccccc2)n1C. The summed E-state index contributed by atoms with van der Waals surface area (Å²) in [5, 5.41) is 0. The van der Waals surface area contributed by atoms with E-state index in [0.717, 1.165) is 0 Å². The molecular weight excluding hydrogens is 388 g/mol. The second-order valence-electron chi connectivity index (χ2n) is 6.60. The average molecular weight is 407 g/mol. The maximum Gasteiger partial charge on any atom is 0.296 e. The molecule has 0 bridgehead atoms. The first-order chi connectivity index (χ1) is 13.1. The number of para-hydroxylation sites is 1. The number of anilines is 1. The second kappa shape index (κ2) is 7.23. The van der Waals surface area contributed by atoms with E-state index in [-0.39, 0.29) is 11.6 Å². The smallest absolute Gasteiger partial charge is 0.283 e. The van der Waals surface area contributed by atoms with Gasteiger partial charge in [-0.05, 0) is 30.2 Å². The van der Waals surface area contributed by atoms with Gasteiger partial charge in [0.1, 0.15) is 17.3 Å². The predicted molar refractivity (Wildman–Crippen MR) is 102 cm³/mol. The Labute approximate surface area is 161 Å². The molecule has 0 amide bonds. The molecule has 1 aromatic heterocycles. The molecule has 0 atom stereocenters. The molecule has 148 valence electrons. The highest BCUT2D eigenvalue weighted by molar-refractivity contribution is 7.92. The van der Waals surface area contributed by atoms with Gasteiger partial charge in [-0.3, -0.25) is 14.2 Å². The van der Waals surface area contributed by atoms with Crippen LogP contribution in [0.4, 0.5) is 14.5 Å². The van der Waals surface area contributed by atoms with Crippen molar-refractivity contribution in [3.05, 3.63) is 76.2 Å². The van der Waals surface area contributed by atoms with E-state index in [2.05, 4.69) is 4.72 Å². The molecule has 3 aromatic rings. The molecule has 1 heterocycles. The summed E-state index contributed by atoms with van der Waals surface area (Å²) in [5.74, 6) is -2.26. The molecule has 0 saturated carbocycles. The molecule has 6 nitrogen and oxygen atoms in total. The van der Waals surface area contributed by atoms with Crippen LogP contribution in [0.15, 0.2) is 58.2 Å². The lowest BCUT2D eigenvalue weighted by atomic mass is 10.1. The summed E-state index contributed by atoms with van der Waals surface area (Å²) in [4.78, 5) is 12.4. The highest BCUT2D eigenvalue weighted by atomic mass is 32.2. The number of aromatic nitrogens is 2. The summed E-state index contributed by atoms with van der Waals surface area (Å²) in [6, 6.07) is 10.7. The quantitative estimate of drug-likeness (QED) is 0.705. The number of nitrogens with zero attached hydrogens (tertiary/aromatic N) is 2. The van der Waals surface area contributed by atoms with Crippen molar-refractivity contribution < 1.29 is 17.2 Å². The zero-order chi connectivity index (χ0) is 20.6. The second-order valence-corrected chi connectivity index (χ2v) is 8.28. The fourth-order valence-electron chi connectivity index (χ4n) is 3.12. The van der Waals surface area contributed by atoms with Crippen molar-refractivity contribution in [2.75, 3.05) is 4.72 Å². The van der Waals surface area contributed by atoms with Crippen LogP contribution in [0.1, 0.15) is 25.5 Å². The number of nitrogens with one attached hydrogen (secondary N) is 1. The van der Waals surface area contributed by atoms with E-state index < -0.39 is 32.1 Å². The van der Waals surface area contributed by atoms with Crippen molar-refractivity contribution in [3.63, 3.8) is 0 Å². The van der Waals surface area contributed by atoms with Crippen LogP contribution in [0.5, 0.6) is 0 Å². The van der Waals surface area contributed by atoms with E-state index in [0.29, 0.717) is 29.6 Å². The normalized spacial score (nSPS) is 11.8. The minimum absolute atomic E-state index is 0.161. The van der Waals surface area contributed by atoms with Gasteiger partial charge in [0, 0.05) is 13.1 Å². The standard InChI is InChI=1S/C19H19F2N3O3S/c1-12(2)18-17(19(25)24(23(18)3)15-7-5-4-6-8-15)22-28(26,27)16-10-13(20)9-14(21)11-16/h4-12,22H,1-3H3. The molecule has 0 fully saturated rings. The van der Waals surface area contributed by atoms with Crippen LogP contribution in [0, 0.1) is 11.6 Å². The van der Waals surface area contributed by atoms with E-state index >= 15 is 0 Å². The molecule has 0 unspecified atom stereocenters. The maximum atomic E-state index is 13.5. The zero-order valence-corrected chi connectivity index (χ0v) is 16.3. The highest BCUT2D eigenvalue weighted by Crippen LogP contribution is 2.26. The van der Waals surface area contributed by atoms with Crippen LogP contribution in [-0.4, -0.2) is 17.8 Å². The van der Waals surface area contributed by atoms with Gasteiger partial charge in [-0.2, -0.15) is 0 Å². The van der Waals surface area contributed by atoms with Crippen molar-refractivity contribution in [1.82, 2.24) is 9.36 Å². The van der Waals surface area contributed by atoms with Crippen LogP contribution in [0.25, 0.3) is 5.69 Å². The van der Waals surface area contributed by atoms with Crippen molar-refractivity contribution in [2.45, 2.75) is 24.7 Å². The van der Waals surface area contributed by atoms with E-state index in [1.165, 1.54) is 4.68 Å². The predicted octanol–water partition coefficient (Wildman–Crippen LogP) is 3.38. The molecule has 2 aromatic carbocycles. The third-order valence-corrected chi connectivity index (χ3v) is 5.57. The first-order valence-corrected chi connectivity index (χ1v) is 9.96. The number of benzene rings is 2. The third kappa shape index (κ3) is 3.57. The molecule has 1 N–H and O–H groups in total. The number of rotatable bonds is 5. The first-order valence-electron chi connectivity index (χ1n) is 8.48. The minimum atomic E-state index is -4.38. The maximum absolute atomic E-state index is 13.5. The van der Waals surface area contributed by atoms with E-state index in [9.17, 15) is 22.0 Å². The lowest BCUT2D eigenvalue weighted by Gasteiger charge is -2.13. The minimum Gasteiger partial charge on any atom is -0.283 e. The Morgan fingerprint density at radius 2 is 1.57 bits per heavy atom. The summed E-state index contributed by atoms with van der Waals surface area (Å²) in [6.45, 7) is 3.62. The number of hydrogen-bond acceptors (Lipinski definition) is 3. The Bertz CT molecular complexity index is 1160. The molecule has 9 heteroatoms. The Kier molecular flexibility index (Phi) is 5.12. The van der Waals surface area contributed by atoms with Crippen LogP contribution < -0.4 is 10.3 Å². The molecule has 0 spiro atoms. The highest BCUT2D eigenvalue weighted by Gasteiger charge is 2.26. The molecule has 3 rings (SSSR count). The number of hydrogen-bond donors (Lipinski definition) is 1. The first kappa shape index (κ1) is 19.8. The van der Waals surface area contributed by atoms with E-state index in [4.69, 9.17) is 0 Å². The summed E-state index contributed by atoms with van der Waals surface area (Å²) < 4.78 is 57.4. The molecule has 0 aliphatic rings. The van der Waals surface area contributed by atoms with Crippen molar-refractivity contribution in [2.24, 2.45) is 7.05 Å². The van der Waals surface area contributed by atoms with Crippen molar-refractivity contribution >= 4 is 15.7 Å². The number of sulfonamides is 1. The summed E-state index contributed by atoms with van der Waals surface area (Å²) in [6.07, 6.45) is 0. The largest absolute Gasteiger partial charge is 0.296 e. The number of halogens is 2. The third-order valence-electron chi connectivity index (χ3n) is 4.24.